The van der Waals surface area contributed by atoms with Crippen LogP contribution in [0, 0.1) is 35.5 Å². The van der Waals surface area contributed by atoms with Crippen LogP contribution in [-0.4, -0.2) is 77.8 Å². The van der Waals surface area contributed by atoms with Gasteiger partial charge in [-0.2, -0.15) is 0 Å². The summed E-state index contributed by atoms with van der Waals surface area (Å²) in [4.78, 5) is 68.9. The Bertz CT molecular complexity index is 1310. The second kappa shape index (κ2) is 22.0. The van der Waals surface area contributed by atoms with E-state index in [1.165, 1.54) is 38.5 Å². The Morgan fingerprint density at radius 1 is 0.561 bits per heavy atom. The lowest BCUT2D eigenvalue weighted by molar-refractivity contribution is -0.143. The molecular weight excluding hydrogens is 728 g/mol. The summed E-state index contributed by atoms with van der Waals surface area (Å²) in [7, 11) is 0. The van der Waals surface area contributed by atoms with Crippen LogP contribution in [0.5, 0.6) is 0 Å². The van der Waals surface area contributed by atoms with Crippen LogP contribution in [0.15, 0.2) is 0 Å². The maximum absolute atomic E-state index is 14.5. The van der Waals surface area contributed by atoms with Crippen molar-refractivity contribution in [1.29, 1.82) is 0 Å². The number of carboxylic acid groups (broad SMARTS) is 1. The highest BCUT2D eigenvalue weighted by Gasteiger charge is 2.37. The van der Waals surface area contributed by atoms with E-state index in [1.54, 1.807) is 0 Å². The highest BCUT2D eigenvalue weighted by molar-refractivity contribution is 5.95. The van der Waals surface area contributed by atoms with Gasteiger partial charge in [0.05, 0.1) is 6.10 Å². The zero-order valence-electron chi connectivity index (χ0n) is 34.5. The number of fused-ring (bicyclic) bond motifs is 16. The zero-order valence-corrected chi connectivity index (χ0v) is 34.5. The van der Waals surface area contributed by atoms with E-state index >= 15 is 0 Å². The molecule has 4 amide bonds. The van der Waals surface area contributed by atoms with Gasteiger partial charge < -0.3 is 31.1 Å². The normalized spacial score (nSPS) is 36.4. The van der Waals surface area contributed by atoms with Gasteiger partial charge in [0.1, 0.15) is 36.9 Å². The fourth-order valence-electron chi connectivity index (χ4n) is 11.5. The minimum Gasteiger partial charge on any atom is -0.480 e. The average molecular weight is 801 g/mol. The summed E-state index contributed by atoms with van der Waals surface area (Å²) in [5.74, 6) is -0.627. The molecule has 0 aromatic heterocycles. The molecule has 7 fully saturated rings. The Morgan fingerprint density at radius 2 is 1.09 bits per heavy atom. The van der Waals surface area contributed by atoms with Gasteiger partial charge in [-0.1, -0.05) is 77.0 Å². The highest BCUT2D eigenvalue weighted by Crippen LogP contribution is 2.41. The number of amides is 4. The summed E-state index contributed by atoms with van der Waals surface area (Å²) in [5, 5.41) is 22.1. The number of carboxylic acids is 1. The van der Waals surface area contributed by atoms with E-state index in [1.807, 2.05) is 0 Å². The molecule has 5 N–H and O–H groups in total. The number of hydrogen-bond acceptors (Lipinski definition) is 6. The van der Waals surface area contributed by atoms with Crippen molar-refractivity contribution in [3.05, 3.63) is 0 Å². The molecule has 7 aliphatic rings. The van der Waals surface area contributed by atoms with Crippen molar-refractivity contribution in [2.24, 2.45) is 35.5 Å². The monoisotopic (exact) mass is 801 g/mol. The molecule has 4 atom stereocenters. The molecule has 4 unspecified atom stereocenters. The lowest BCUT2D eigenvalue weighted by atomic mass is 9.70. The summed E-state index contributed by atoms with van der Waals surface area (Å²) in [5.41, 5.74) is 0. The van der Waals surface area contributed by atoms with Crippen LogP contribution in [0.3, 0.4) is 0 Å². The molecule has 11 nitrogen and oxygen atoms in total. The van der Waals surface area contributed by atoms with Crippen molar-refractivity contribution < 1.29 is 38.2 Å². The standard InChI is InChI=1S/C45H73FN4O7/c46-35-20-13-31(14-21-35)25-38-43(53)49-39(26-30-11-18-34(19-12-30)33-9-5-2-6-10-33)44(54)48-37(24-17-29-7-3-1-4-8-29)42(52)50-40(45(55)56)27-32-15-22-36(23-16-32)57-28-41(51)47-38/h29-40H,1-28H2,(H,47,51)(H,48,54)(H,49,53)(H,50,52)(H,55,56). The lowest BCUT2D eigenvalue weighted by Gasteiger charge is -2.37. The molecule has 7 rings (SSSR count). The topological polar surface area (TPSA) is 163 Å². The van der Waals surface area contributed by atoms with Gasteiger partial charge in [-0.25, -0.2) is 9.18 Å². The van der Waals surface area contributed by atoms with Gasteiger partial charge in [0.15, 0.2) is 0 Å². The molecule has 0 spiro atoms. The zero-order chi connectivity index (χ0) is 40.1. The molecule has 57 heavy (non-hydrogen) atoms. The number of hydrogen-bond donors (Lipinski definition) is 5. The number of halogens is 1. The smallest absolute Gasteiger partial charge is 0.326 e. The van der Waals surface area contributed by atoms with Gasteiger partial charge in [-0.3, -0.25) is 19.2 Å². The SMILES string of the molecule is O=C1COC2CCC(CC2)CC(C(=O)O)NC(=O)C(CCC2CCCCC2)NC(=O)C(CC2CCC(C3CCCCC3)CC2)NC(=O)C(CC2CCC(F)CC2)N1. The largest absolute Gasteiger partial charge is 0.480 e. The summed E-state index contributed by atoms with van der Waals surface area (Å²) >= 11 is 0. The van der Waals surface area contributed by atoms with E-state index in [0.717, 1.165) is 63.7 Å². The van der Waals surface area contributed by atoms with Gasteiger partial charge in [0.2, 0.25) is 23.6 Å². The van der Waals surface area contributed by atoms with Crippen molar-refractivity contribution >= 4 is 29.6 Å². The van der Waals surface area contributed by atoms with Crippen molar-refractivity contribution in [2.45, 2.75) is 210 Å². The molecule has 12 heteroatoms. The minimum atomic E-state index is -1.10. The van der Waals surface area contributed by atoms with Crippen molar-refractivity contribution in [1.82, 2.24) is 21.3 Å². The summed E-state index contributed by atoms with van der Waals surface area (Å²) in [6, 6.07) is -3.89. The van der Waals surface area contributed by atoms with Crippen LogP contribution in [-0.2, 0) is 28.7 Å². The van der Waals surface area contributed by atoms with E-state index in [4.69, 9.17) is 4.74 Å². The molecule has 5 saturated carbocycles. The third-order valence-electron chi connectivity index (χ3n) is 15.1. The number of nitrogens with one attached hydrogen (secondary N) is 4. The van der Waals surface area contributed by atoms with E-state index in [-0.39, 0.29) is 36.9 Å². The van der Waals surface area contributed by atoms with Crippen molar-refractivity contribution in [2.75, 3.05) is 6.61 Å². The quantitative estimate of drug-likeness (QED) is 0.156. The summed E-state index contributed by atoms with van der Waals surface area (Å²) < 4.78 is 20.1. The first-order valence-corrected chi connectivity index (χ1v) is 23.3. The van der Waals surface area contributed by atoms with Crippen LogP contribution in [0.25, 0.3) is 0 Å². The number of aliphatic carboxylic acids is 1. The van der Waals surface area contributed by atoms with Crippen LogP contribution in [0.4, 0.5) is 4.39 Å². The first-order chi connectivity index (χ1) is 27.6. The Hall–Kier alpha value is -2.76. The second-order valence-corrected chi connectivity index (χ2v) is 19.2. The molecule has 0 aromatic carbocycles. The molecule has 2 saturated heterocycles. The van der Waals surface area contributed by atoms with E-state index in [0.29, 0.717) is 82.5 Å². The second-order valence-electron chi connectivity index (χ2n) is 19.2. The molecule has 0 aromatic rings. The fourth-order valence-corrected chi connectivity index (χ4v) is 11.5. The maximum atomic E-state index is 14.5. The van der Waals surface area contributed by atoms with Crippen LogP contribution in [0.1, 0.15) is 173 Å². The molecule has 322 valence electrons. The van der Waals surface area contributed by atoms with E-state index < -0.39 is 59.9 Å². The number of carbonyl (C=O) groups is 5. The van der Waals surface area contributed by atoms with Gasteiger partial charge >= 0.3 is 5.97 Å². The summed E-state index contributed by atoms with van der Waals surface area (Å²) in [6.07, 6.45) is 22.4. The lowest BCUT2D eigenvalue weighted by Crippen LogP contribution is -2.58. The Balaban J connectivity index is 1.23. The number of carbonyl (C=O) groups excluding carboxylic acids is 4. The minimum absolute atomic E-state index is 0.0586. The van der Waals surface area contributed by atoms with Crippen molar-refractivity contribution in [3.8, 4) is 0 Å². The molecule has 5 aliphatic carbocycles. The highest BCUT2D eigenvalue weighted by atomic mass is 19.1. The predicted octanol–water partition coefficient (Wildman–Crippen LogP) is 7.05. The average Bonchev–Trinajstić information content (AvgIpc) is 3.22. The van der Waals surface area contributed by atoms with Gasteiger partial charge in [-0.15, -0.1) is 0 Å². The Morgan fingerprint density at radius 3 is 1.70 bits per heavy atom. The van der Waals surface area contributed by atoms with Crippen LogP contribution < -0.4 is 21.3 Å². The summed E-state index contributed by atoms with van der Waals surface area (Å²) in [6.45, 7) is -0.207. The van der Waals surface area contributed by atoms with Crippen LogP contribution in [0.2, 0.25) is 0 Å². The Kier molecular flexibility index (Phi) is 16.9. The van der Waals surface area contributed by atoms with Gasteiger partial charge in [0, 0.05) is 0 Å². The first kappa shape index (κ1) is 43.8. The van der Waals surface area contributed by atoms with Gasteiger partial charge in [0.25, 0.3) is 0 Å². The molecule has 2 bridgehead atoms. The first-order valence-electron chi connectivity index (χ1n) is 23.3. The number of ether oxygens (including phenoxy) is 1. The molecule has 2 aliphatic heterocycles. The third kappa shape index (κ3) is 13.6. The fraction of sp³-hybridized carbons (Fsp3) is 0.889. The molecule has 0 radical (unpaired) electrons. The van der Waals surface area contributed by atoms with Crippen molar-refractivity contribution in [3.63, 3.8) is 0 Å². The van der Waals surface area contributed by atoms with Crippen LogP contribution >= 0.6 is 0 Å². The number of alkyl halides is 1. The van der Waals surface area contributed by atoms with E-state index in [2.05, 4.69) is 21.3 Å². The third-order valence-corrected chi connectivity index (χ3v) is 15.1. The maximum Gasteiger partial charge on any atom is 0.326 e. The molecule has 2 heterocycles. The predicted molar refractivity (Wildman–Crippen MR) is 216 cm³/mol. The van der Waals surface area contributed by atoms with E-state index in [9.17, 15) is 33.5 Å². The number of rotatable bonds is 9. The Labute approximate surface area is 340 Å². The molecular formula is C45H73FN4O7. The van der Waals surface area contributed by atoms with Gasteiger partial charge in [-0.05, 0) is 132 Å².